The van der Waals surface area contributed by atoms with Crippen LogP contribution in [-0.4, -0.2) is 16.2 Å². The summed E-state index contributed by atoms with van der Waals surface area (Å²) in [6.45, 7) is 3.33. The molecule has 1 aromatic carbocycles. The molecule has 0 saturated carbocycles. The second-order valence-corrected chi connectivity index (χ2v) is 5.07. The first-order valence-electron chi connectivity index (χ1n) is 5.87. The molecule has 3 nitrogen and oxygen atoms in total. The Hall–Kier alpha value is -1.36. The molecule has 0 aliphatic carbocycles. The summed E-state index contributed by atoms with van der Waals surface area (Å²) in [6.07, 6.45) is 2.92. The number of aromatic nitrogens is 2. The summed E-state index contributed by atoms with van der Waals surface area (Å²) >= 11 is 3.21. The highest BCUT2D eigenvalue weighted by Gasteiger charge is 2.19. The summed E-state index contributed by atoms with van der Waals surface area (Å²) in [7, 11) is 0. The van der Waals surface area contributed by atoms with Crippen LogP contribution < -0.4 is 4.74 Å². The topological polar surface area (TPSA) is 27.1 Å². The third-order valence-corrected chi connectivity index (χ3v) is 3.65. The molecule has 1 aliphatic heterocycles. The van der Waals surface area contributed by atoms with Gasteiger partial charge in [0.25, 0.3) is 0 Å². The highest BCUT2D eigenvalue weighted by Crippen LogP contribution is 2.35. The van der Waals surface area contributed by atoms with Crippen LogP contribution in [0, 0.1) is 5.82 Å². The number of benzene rings is 1. The highest BCUT2D eigenvalue weighted by atomic mass is 79.9. The first kappa shape index (κ1) is 11.7. The molecule has 0 amide bonds. The summed E-state index contributed by atoms with van der Waals surface area (Å²) in [5.74, 6) is 1.09. The fraction of sp³-hybridized carbons (Fsp3) is 0.308. The molecular weight excluding hydrogens is 299 g/mol. The van der Waals surface area contributed by atoms with Crippen LogP contribution in [-0.2, 0) is 13.0 Å². The first-order valence-corrected chi connectivity index (χ1v) is 6.66. The van der Waals surface area contributed by atoms with Crippen molar-refractivity contribution in [2.24, 2.45) is 0 Å². The van der Waals surface area contributed by atoms with E-state index in [1.807, 2.05) is 6.20 Å². The van der Waals surface area contributed by atoms with Gasteiger partial charge in [0.15, 0.2) is 0 Å². The Bertz CT molecular complexity index is 609. The van der Waals surface area contributed by atoms with Crippen molar-refractivity contribution < 1.29 is 9.13 Å². The lowest BCUT2D eigenvalue weighted by molar-refractivity contribution is 0.305. The van der Waals surface area contributed by atoms with Gasteiger partial charge in [-0.25, -0.2) is 9.37 Å². The predicted octanol–water partition coefficient (Wildman–Crippen LogP) is 3.41. The SMILES string of the molecule is CCc1cn2c(n1)-c1cc(Br)c(F)cc1OCC2. The quantitative estimate of drug-likeness (QED) is 0.807. The summed E-state index contributed by atoms with van der Waals surface area (Å²) in [6, 6.07) is 3.14. The van der Waals surface area contributed by atoms with Crippen LogP contribution in [0.3, 0.4) is 0 Å². The van der Waals surface area contributed by atoms with E-state index in [1.54, 1.807) is 6.07 Å². The minimum absolute atomic E-state index is 0.315. The van der Waals surface area contributed by atoms with Crippen LogP contribution in [0.4, 0.5) is 4.39 Å². The van der Waals surface area contributed by atoms with Gasteiger partial charge in [-0.2, -0.15) is 0 Å². The van der Waals surface area contributed by atoms with Crippen molar-refractivity contribution >= 4 is 15.9 Å². The maximum absolute atomic E-state index is 13.5. The second kappa shape index (κ2) is 4.39. The van der Waals surface area contributed by atoms with E-state index in [9.17, 15) is 4.39 Å². The van der Waals surface area contributed by atoms with Gasteiger partial charge in [-0.15, -0.1) is 0 Å². The van der Waals surface area contributed by atoms with E-state index in [0.29, 0.717) is 16.8 Å². The van der Waals surface area contributed by atoms with E-state index < -0.39 is 0 Å². The standard InChI is InChI=1S/C13H12BrFN2O/c1-2-8-7-17-3-4-18-12-6-11(15)10(14)5-9(12)13(17)16-8/h5-7H,2-4H2,1H3. The van der Waals surface area contributed by atoms with Crippen molar-refractivity contribution in [2.75, 3.05) is 6.61 Å². The Balaban J connectivity index is 2.22. The molecule has 94 valence electrons. The molecule has 0 radical (unpaired) electrons. The molecule has 0 saturated heterocycles. The third-order valence-electron chi connectivity index (χ3n) is 3.04. The Labute approximate surface area is 113 Å². The van der Waals surface area contributed by atoms with Crippen molar-refractivity contribution in [3.8, 4) is 17.1 Å². The fourth-order valence-corrected chi connectivity index (χ4v) is 2.45. The van der Waals surface area contributed by atoms with E-state index in [2.05, 4.69) is 32.4 Å². The molecule has 0 atom stereocenters. The van der Waals surface area contributed by atoms with Gasteiger partial charge in [-0.3, -0.25) is 0 Å². The fourth-order valence-electron chi connectivity index (χ4n) is 2.10. The molecule has 2 aromatic rings. The van der Waals surface area contributed by atoms with Crippen molar-refractivity contribution in [1.29, 1.82) is 0 Å². The largest absolute Gasteiger partial charge is 0.491 e. The number of nitrogens with zero attached hydrogens (tertiary/aromatic N) is 2. The van der Waals surface area contributed by atoms with Crippen LogP contribution >= 0.6 is 15.9 Å². The average molecular weight is 311 g/mol. The van der Waals surface area contributed by atoms with Crippen LogP contribution in [0.1, 0.15) is 12.6 Å². The van der Waals surface area contributed by atoms with Gasteiger partial charge in [0.2, 0.25) is 0 Å². The number of fused-ring (bicyclic) bond motifs is 3. The lowest BCUT2D eigenvalue weighted by Gasteiger charge is -2.07. The minimum Gasteiger partial charge on any atom is -0.491 e. The molecule has 0 bridgehead atoms. The number of imidazole rings is 1. The van der Waals surface area contributed by atoms with Crippen LogP contribution in [0.25, 0.3) is 11.4 Å². The molecule has 1 aromatic heterocycles. The molecule has 0 spiro atoms. The van der Waals surface area contributed by atoms with Crippen LogP contribution in [0.15, 0.2) is 22.8 Å². The third kappa shape index (κ3) is 1.82. The van der Waals surface area contributed by atoms with Crippen molar-refractivity contribution in [3.63, 3.8) is 0 Å². The number of halogens is 2. The molecule has 0 unspecified atom stereocenters. The lowest BCUT2D eigenvalue weighted by atomic mass is 10.2. The monoisotopic (exact) mass is 310 g/mol. The van der Waals surface area contributed by atoms with Crippen molar-refractivity contribution in [2.45, 2.75) is 19.9 Å². The van der Waals surface area contributed by atoms with Gasteiger partial charge in [0.1, 0.15) is 24.0 Å². The number of hydrogen-bond donors (Lipinski definition) is 0. The van der Waals surface area contributed by atoms with Gasteiger partial charge < -0.3 is 9.30 Å². The number of hydrogen-bond acceptors (Lipinski definition) is 2. The molecule has 0 fully saturated rings. The zero-order valence-corrected chi connectivity index (χ0v) is 11.5. The van der Waals surface area contributed by atoms with Gasteiger partial charge in [0.05, 0.1) is 22.3 Å². The molecule has 0 N–H and O–H groups in total. The molecule has 1 aliphatic rings. The summed E-state index contributed by atoms with van der Waals surface area (Å²) in [5.41, 5.74) is 1.87. The Kier molecular flexibility index (Phi) is 2.86. The van der Waals surface area contributed by atoms with Crippen LogP contribution in [0.2, 0.25) is 0 Å². The smallest absolute Gasteiger partial charge is 0.144 e. The molecule has 3 rings (SSSR count). The zero-order chi connectivity index (χ0) is 12.7. The molecule has 5 heteroatoms. The maximum Gasteiger partial charge on any atom is 0.144 e. The van der Waals surface area contributed by atoms with Crippen molar-refractivity contribution in [3.05, 3.63) is 34.3 Å². The maximum atomic E-state index is 13.5. The van der Waals surface area contributed by atoms with Gasteiger partial charge in [0, 0.05) is 12.3 Å². The van der Waals surface area contributed by atoms with Gasteiger partial charge in [-0.1, -0.05) is 6.92 Å². The minimum atomic E-state index is -0.315. The first-order chi connectivity index (χ1) is 8.69. The van der Waals surface area contributed by atoms with E-state index in [1.165, 1.54) is 6.07 Å². The van der Waals surface area contributed by atoms with E-state index in [0.717, 1.165) is 30.0 Å². The molecule has 2 heterocycles. The number of rotatable bonds is 1. The average Bonchev–Trinajstić information content (AvgIpc) is 2.70. The Morgan fingerprint density at radius 2 is 2.33 bits per heavy atom. The number of aryl methyl sites for hydroxylation is 1. The zero-order valence-electron chi connectivity index (χ0n) is 9.91. The normalized spacial score (nSPS) is 13.5. The Morgan fingerprint density at radius 3 is 3.11 bits per heavy atom. The van der Waals surface area contributed by atoms with Crippen LogP contribution in [0.5, 0.6) is 5.75 Å². The van der Waals surface area contributed by atoms with E-state index >= 15 is 0 Å². The summed E-state index contributed by atoms with van der Waals surface area (Å²) in [5, 5.41) is 0. The van der Waals surface area contributed by atoms with E-state index in [-0.39, 0.29) is 5.82 Å². The predicted molar refractivity (Wildman–Crippen MR) is 70.2 cm³/mol. The van der Waals surface area contributed by atoms with E-state index in [4.69, 9.17) is 4.74 Å². The van der Waals surface area contributed by atoms with Crippen molar-refractivity contribution in [1.82, 2.24) is 9.55 Å². The lowest BCUT2D eigenvalue weighted by Crippen LogP contribution is -2.04. The molecular formula is C13H12BrFN2O. The summed E-state index contributed by atoms with van der Waals surface area (Å²) < 4.78 is 21.6. The molecule has 18 heavy (non-hydrogen) atoms. The Morgan fingerprint density at radius 1 is 1.50 bits per heavy atom. The second-order valence-electron chi connectivity index (χ2n) is 4.21. The number of ether oxygens (including phenoxy) is 1. The van der Waals surface area contributed by atoms with Gasteiger partial charge >= 0.3 is 0 Å². The van der Waals surface area contributed by atoms with Gasteiger partial charge in [-0.05, 0) is 28.4 Å². The highest BCUT2D eigenvalue weighted by molar-refractivity contribution is 9.10. The summed E-state index contributed by atoms with van der Waals surface area (Å²) in [4.78, 5) is 4.58.